The summed E-state index contributed by atoms with van der Waals surface area (Å²) in [6, 6.07) is 13.3. The van der Waals surface area contributed by atoms with E-state index in [4.69, 9.17) is 16.3 Å². The third kappa shape index (κ3) is 5.28. The number of rotatable bonds is 6. The minimum atomic E-state index is -1.12. The van der Waals surface area contributed by atoms with Crippen LogP contribution < -0.4 is 5.32 Å². The molecule has 0 radical (unpaired) electrons. The Kier molecular flexibility index (Phi) is 6.21. The van der Waals surface area contributed by atoms with Crippen molar-refractivity contribution in [2.24, 2.45) is 0 Å². The molecule has 0 spiro atoms. The van der Waals surface area contributed by atoms with Gasteiger partial charge in [-0.2, -0.15) is 0 Å². The van der Waals surface area contributed by atoms with Crippen LogP contribution in [0.1, 0.15) is 16.7 Å². The van der Waals surface area contributed by atoms with Crippen LogP contribution in [0.5, 0.6) is 0 Å². The number of amides is 1. The molecule has 0 fully saturated rings. The fraction of sp³-hybridized carbons (Fsp3) is 0.222. The summed E-state index contributed by atoms with van der Waals surface area (Å²) in [5, 5.41) is 12.3. The zero-order chi connectivity index (χ0) is 17.5. The van der Waals surface area contributed by atoms with Gasteiger partial charge in [-0.3, -0.25) is 0 Å². The molecule has 6 heteroatoms. The molecule has 0 saturated carbocycles. The predicted octanol–water partition coefficient (Wildman–Crippen LogP) is 3.57. The standard InChI is InChI=1S/C18H18ClNO4/c1-12-9-15(19)8-7-14(12)10-16(17(21)22)20-18(23)24-11-13-5-3-2-4-6-13/h2-9,16H,10-11H2,1H3,(H,20,23)(H,21,22)/t16-/m1/s1. The van der Waals surface area contributed by atoms with Gasteiger partial charge in [0.05, 0.1) is 0 Å². The third-order valence-electron chi connectivity index (χ3n) is 3.53. The average molecular weight is 348 g/mol. The first-order valence-electron chi connectivity index (χ1n) is 7.41. The van der Waals surface area contributed by atoms with E-state index in [2.05, 4.69) is 5.32 Å². The van der Waals surface area contributed by atoms with Gasteiger partial charge in [0.15, 0.2) is 0 Å². The van der Waals surface area contributed by atoms with Crippen LogP contribution in [0.15, 0.2) is 48.5 Å². The monoisotopic (exact) mass is 347 g/mol. The van der Waals surface area contributed by atoms with Gasteiger partial charge in [-0.1, -0.05) is 48.0 Å². The summed E-state index contributed by atoms with van der Waals surface area (Å²) in [6.45, 7) is 1.92. The molecule has 5 nitrogen and oxygen atoms in total. The number of carboxylic acids is 1. The predicted molar refractivity (Wildman–Crippen MR) is 91.1 cm³/mol. The summed E-state index contributed by atoms with van der Waals surface area (Å²) in [4.78, 5) is 23.2. The van der Waals surface area contributed by atoms with Crippen molar-refractivity contribution in [3.8, 4) is 0 Å². The normalized spacial score (nSPS) is 11.6. The molecular weight excluding hydrogens is 330 g/mol. The van der Waals surface area contributed by atoms with Crippen LogP contribution in [0.4, 0.5) is 4.79 Å². The van der Waals surface area contributed by atoms with Crippen LogP contribution in [0.2, 0.25) is 5.02 Å². The molecule has 24 heavy (non-hydrogen) atoms. The highest BCUT2D eigenvalue weighted by Gasteiger charge is 2.22. The van der Waals surface area contributed by atoms with E-state index in [-0.39, 0.29) is 13.0 Å². The molecule has 0 unspecified atom stereocenters. The minimum absolute atomic E-state index is 0.0823. The van der Waals surface area contributed by atoms with Crippen molar-refractivity contribution in [3.63, 3.8) is 0 Å². The lowest BCUT2D eigenvalue weighted by Crippen LogP contribution is -2.42. The van der Waals surface area contributed by atoms with Gasteiger partial charge in [-0.15, -0.1) is 0 Å². The van der Waals surface area contributed by atoms with Crippen LogP contribution in [0.25, 0.3) is 0 Å². The van der Waals surface area contributed by atoms with Crippen LogP contribution in [0, 0.1) is 6.92 Å². The lowest BCUT2D eigenvalue weighted by atomic mass is 10.0. The van der Waals surface area contributed by atoms with Crippen molar-refractivity contribution < 1.29 is 19.4 Å². The second kappa shape index (κ2) is 8.36. The first-order chi connectivity index (χ1) is 11.5. The highest BCUT2D eigenvalue weighted by atomic mass is 35.5. The summed E-state index contributed by atoms with van der Waals surface area (Å²) < 4.78 is 5.06. The fourth-order valence-electron chi connectivity index (χ4n) is 2.22. The maximum atomic E-state index is 11.8. The SMILES string of the molecule is Cc1cc(Cl)ccc1C[C@@H](NC(=O)OCc1ccccc1)C(=O)O. The molecule has 2 aromatic rings. The number of carboxylic acid groups (broad SMARTS) is 1. The van der Waals surface area contributed by atoms with Gasteiger partial charge >= 0.3 is 12.1 Å². The van der Waals surface area contributed by atoms with Crippen molar-refractivity contribution in [1.82, 2.24) is 5.32 Å². The first kappa shape index (κ1) is 17.8. The fourth-order valence-corrected chi connectivity index (χ4v) is 2.44. The molecule has 2 aromatic carbocycles. The van der Waals surface area contributed by atoms with E-state index in [1.165, 1.54) is 0 Å². The summed E-state index contributed by atoms with van der Waals surface area (Å²) in [5.41, 5.74) is 2.50. The van der Waals surface area contributed by atoms with Crippen LogP contribution >= 0.6 is 11.6 Å². The van der Waals surface area contributed by atoms with Crippen LogP contribution in [-0.4, -0.2) is 23.2 Å². The number of aryl methyl sites for hydroxylation is 1. The molecule has 0 bridgehead atoms. The molecular formula is C18H18ClNO4. The minimum Gasteiger partial charge on any atom is -0.480 e. The zero-order valence-electron chi connectivity index (χ0n) is 13.2. The third-order valence-corrected chi connectivity index (χ3v) is 3.77. The molecule has 1 atom stereocenters. The quantitative estimate of drug-likeness (QED) is 0.837. The molecule has 0 aromatic heterocycles. The molecule has 0 aliphatic heterocycles. The topological polar surface area (TPSA) is 75.6 Å². The smallest absolute Gasteiger partial charge is 0.408 e. The number of ether oxygens (including phenoxy) is 1. The Labute approximate surface area is 145 Å². The molecule has 2 N–H and O–H groups in total. The van der Waals surface area contributed by atoms with Crippen molar-refractivity contribution in [2.75, 3.05) is 0 Å². The second-order valence-corrected chi connectivity index (χ2v) is 5.81. The van der Waals surface area contributed by atoms with E-state index in [0.29, 0.717) is 5.02 Å². The number of hydrogen-bond acceptors (Lipinski definition) is 3. The first-order valence-corrected chi connectivity index (χ1v) is 7.78. The summed E-state index contributed by atoms with van der Waals surface area (Å²) in [6.07, 6.45) is -0.614. The number of hydrogen-bond donors (Lipinski definition) is 2. The number of nitrogens with one attached hydrogen (secondary N) is 1. The van der Waals surface area contributed by atoms with E-state index in [9.17, 15) is 14.7 Å². The summed E-state index contributed by atoms with van der Waals surface area (Å²) >= 11 is 5.89. The van der Waals surface area contributed by atoms with Gasteiger partial charge in [0.1, 0.15) is 12.6 Å². The molecule has 126 valence electrons. The average Bonchev–Trinajstić information content (AvgIpc) is 2.55. The van der Waals surface area contributed by atoms with Gasteiger partial charge in [-0.25, -0.2) is 9.59 Å². The van der Waals surface area contributed by atoms with Crippen molar-refractivity contribution in [1.29, 1.82) is 0 Å². The number of benzene rings is 2. The Balaban J connectivity index is 1.95. The van der Waals surface area contributed by atoms with Crippen molar-refractivity contribution in [3.05, 3.63) is 70.2 Å². The maximum absolute atomic E-state index is 11.8. The van der Waals surface area contributed by atoms with Crippen molar-refractivity contribution >= 4 is 23.7 Å². The maximum Gasteiger partial charge on any atom is 0.408 e. The number of carbonyl (C=O) groups excluding carboxylic acids is 1. The Bertz CT molecular complexity index is 718. The molecule has 0 aliphatic rings. The molecule has 1 amide bonds. The van der Waals surface area contributed by atoms with Gasteiger partial charge in [0, 0.05) is 11.4 Å². The van der Waals surface area contributed by atoms with Gasteiger partial charge in [0.25, 0.3) is 0 Å². The number of halogens is 1. The summed E-state index contributed by atoms with van der Waals surface area (Å²) in [7, 11) is 0. The Morgan fingerprint density at radius 1 is 1.21 bits per heavy atom. The van der Waals surface area contributed by atoms with E-state index in [0.717, 1.165) is 16.7 Å². The van der Waals surface area contributed by atoms with Gasteiger partial charge in [0.2, 0.25) is 0 Å². The highest BCUT2D eigenvalue weighted by Crippen LogP contribution is 2.17. The van der Waals surface area contributed by atoms with E-state index in [1.54, 1.807) is 18.2 Å². The lowest BCUT2D eigenvalue weighted by molar-refractivity contribution is -0.139. The zero-order valence-corrected chi connectivity index (χ0v) is 13.9. The van der Waals surface area contributed by atoms with Crippen LogP contribution in [-0.2, 0) is 22.6 Å². The summed E-state index contributed by atoms with van der Waals surface area (Å²) in [5.74, 6) is -1.12. The Morgan fingerprint density at radius 3 is 2.54 bits per heavy atom. The van der Waals surface area contributed by atoms with Crippen LogP contribution in [0.3, 0.4) is 0 Å². The lowest BCUT2D eigenvalue weighted by Gasteiger charge is -2.16. The molecule has 2 rings (SSSR count). The van der Waals surface area contributed by atoms with Gasteiger partial charge in [-0.05, 0) is 35.7 Å². The molecule has 0 saturated heterocycles. The van der Waals surface area contributed by atoms with Gasteiger partial charge < -0.3 is 15.2 Å². The van der Waals surface area contributed by atoms with E-state index in [1.807, 2.05) is 37.3 Å². The molecule has 0 aliphatic carbocycles. The largest absolute Gasteiger partial charge is 0.480 e. The number of aliphatic carboxylic acids is 1. The number of carbonyl (C=O) groups is 2. The number of alkyl carbamates (subject to hydrolysis) is 1. The second-order valence-electron chi connectivity index (χ2n) is 5.37. The van der Waals surface area contributed by atoms with Crippen molar-refractivity contribution in [2.45, 2.75) is 26.0 Å². The van der Waals surface area contributed by atoms with E-state index < -0.39 is 18.1 Å². The van der Waals surface area contributed by atoms with E-state index >= 15 is 0 Å². The Hall–Kier alpha value is -2.53. The molecule has 0 heterocycles. The highest BCUT2D eigenvalue weighted by molar-refractivity contribution is 6.30. The Morgan fingerprint density at radius 2 is 1.92 bits per heavy atom.